The first-order chi connectivity index (χ1) is 27.8. The Balaban J connectivity index is 1.47. The van der Waals surface area contributed by atoms with Gasteiger partial charge in [0.05, 0.1) is 29.4 Å². The van der Waals surface area contributed by atoms with Crippen molar-refractivity contribution >= 4 is 34.5 Å². The number of Topliss-reactive ketones (excluding diaryl/α,β-unsaturated/α-hetero) is 2. The zero-order valence-corrected chi connectivity index (χ0v) is 36.1. The van der Waals surface area contributed by atoms with Crippen LogP contribution in [0.4, 0.5) is 9.18 Å². The fourth-order valence-corrected chi connectivity index (χ4v) is 9.53. The Labute approximate surface area is 347 Å². The van der Waals surface area contributed by atoms with Crippen LogP contribution < -0.4 is 5.32 Å². The van der Waals surface area contributed by atoms with Crippen LogP contribution in [0.1, 0.15) is 93.1 Å². The van der Waals surface area contributed by atoms with E-state index in [0.29, 0.717) is 32.2 Å². The molecule has 3 saturated heterocycles. The minimum Gasteiger partial charge on any atom is -0.455 e. The smallest absolute Gasteiger partial charge is 0.410 e. The van der Waals surface area contributed by atoms with Crippen molar-refractivity contribution in [2.45, 2.75) is 154 Å². The van der Waals surface area contributed by atoms with E-state index in [9.17, 15) is 24.3 Å². The molecule has 2 N–H and O–H groups in total. The lowest BCUT2D eigenvalue weighted by Crippen LogP contribution is -2.62. The van der Waals surface area contributed by atoms with Gasteiger partial charge in [-0.2, -0.15) is 0 Å². The van der Waals surface area contributed by atoms with Gasteiger partial charge in [-0.3, -0.25) is 14.6 Å². The second-order valence-corrected chi connectivity index (χ2v) is 17.4. The number of fused-ring (bicyclic) bond motifs is 2. The van der Waals surface area contributed by atoms with Gasteiger partial charge >= 0.3 is 12.1 Å². The summed E-state index contributed by atoms with van der Waals surface area (Å²) in [6.45, 7) is 16.9. The fourth-order valence-electron chi connectivity index (χ4n) is 9.53. The minimum absolute atomic E-state index is 0.00580. The van der Waals surface area contributed by atoms with Crippen LogP contribution in [0, 0.1) is 17.8 Å². The number of aliphatic hydroxyl groups is 1. The number of halogens is 1. The SMILES string of the molecule is C=CCN[C@H]1C[C@@H](C)O[C@@H](O[C@@H]2[C@@H](C)C(=O)[C@](C)(F)C(=O)O[C@H](CC)[C@@]3(C)OC(=O)N(CCCCc4cnc5ccccc5c4)C3[C@@H](C)C(=O)[C@H](C)C[C@@]2(C)OC)[C@H]1O. The third kappa shape index (κ3) is 9.57. The zero-order chi connectivity index (χ0) is 43.4. The molecule has 0 bridgehead atoms. The fraction of sp³-hybridized carbons (Fsp3) is 0.667. The van der Waals surface area contributed by atoms with E-state index < -0.39 is 89.2 Å². The summed E-state index contributed by atoms with van der Waals surface area (Å²) in [4.78, 5) is 62.8. The van der Waals surface area contributed by atoms with Crippen LogP contribution in [0.25, 0.3) is 10.9 Å². The molecule has 0 aliphatic carbocycles. The van der Waals surface area contributed by atoms with Crippen molar-refractivity contribution in [3.05, 3.63) is 54.7 Å². The van der Waals surface area contributed by atoms with Crippen molar-refractivity contribution in [3.63, 3.8) is 0 Å². The molecule has 1 aromatic heterocycles. The molecule has 326 valence electrons. The van der Waals surface area contributed by atoms with Crippen molar-refractivity contribution in [3.8, 4) is 0 Å². The number of carbonyl (C=O) groups excluding carboxylic acids is 4. The lowest BCUT2D eigenvalue weighted by Gasteiger charge is -2.46. The number of benzene rings is 1. The molecule has 14 heteroatoms. The summed E-state index contributed by atoms with van der Waals surface area (Å²) in [6, 6.07) is 8.59. The van der Waals surface area contributed by atoms with E-state index in [1.54, 1.807) is 40.7 Å². The maximum atomic E-state index is 16.9. The predicted molar refractivity (Wildman–Crippen MR) is 219 cm³/mol. The maximum Gasteiger partial charge on any atom is 0.410 e. The number of ether oxygens (including phenoxy) is 5. The Kier molecular flexibility index (Phi) is 14.8. The van der Waals surface area contributed by atoms with Gasteiger partial charge in [0.15, 0.2) is 17.7 Å². The van der Waals surface area contributed by atoms with Gasteiger partial charge in [0, 0.05) is 55.6 Å². The number of unbranched alkanes of at least 4 members (excludes halogenated alkanes) is 1. The molecule has 13 nitrogen and oxygen atoms in total. The summed E-state index contributed by atoms with van der Waals surface area (Å²) in [5, 5.41) is 15.7. The van der Waals surface area contributed by atoms with E-state index in [2.05, 4.69) is 22.9 Å². The molecule has 2 aromatic rings. The second kappa shape index (κ2) is 18.8. The number of aryl methyl sites for hydroxylation is 1. The minimum atomic E-state index is -3.18. The van der Waals surface area contributed by atoms with Crippen LogP contribution in [0.5, 0.6) is 0 Å². The number of para-hydroxylation sites is 1. The average Bonchev–Trinajstić information content (AvgIpc) is 3.47. The first-order valence-electron chi connectivity index (χ1n) is 21.0. The van der Waals surface area contributed by atoms with E-state index in [4.69, 9.17) is 23.7 Å². The number of hydrogen-bond acceptors (Lipinski definition) is 12. The number of carbonyl (C=O) groups is 4. The third-order valence-electron chi connectivity index (χ3n) is 12.8. The zero-order valence-electron chi connectivity index (χ0n) is 36.1. The number of cyclic esters (lactones) is 1. The lowest BCUT2D eigenvalue weighted by molar-refractivity contribution is -0.290. The van der Waals surface area contributed by atoms with Gasteiger partial charge in [0.1, 0.15) is 18.0 Å². The summed E-state index contributed by atoms with van der Waals surface area (Å²) in [5.41, 5.74) is -4.27. The summed E-state index contributed by atoms with van der Waals surface area (Å²) in [7, 11) is 1.40. The molecule has 0 radical (unpaired) electrons. The van der Waals surface area contributed by atoms with E-state index >= 15 is 4.39 Å². The molecule has 3 aliphatic rings. The van der Waals surface area contributed by atoms with Crippen LogP contribution in [-0.4, -0.2) is 118 Å². The molecule has 5 rings (SSSR count). The number of ketones is 2. The van der Waals surface area contributed by atoms with Crippen LogP contribution in [0.15, 0.2) is 49.2 Å². The molecule has 1 unspecified atom stereocenters. The van der Waals surface area contributed by atoms with Gasteiger partial charge in [-0.05, 0) is 83.9 Å². The molecule has 1 amide bonds. The second-order valence-electron chi connectivity index (χ2n) is 17.4. The Morgan fingerprint density at radius 2 is 1.80 bits per heavy atom. The first kappa shape index (κ1) is 46.2. The highest BCUT2D eigenvalue weighted by atomic mass is 19.1. The van der Waals surface area contributed by atoms with Gasteiger partial charge in [0.25, 0.3) is 5.67 Å². The molecule has 59 heavy (non-hydrogen) atoms. The van der Waals surface area contributed by atoms with Crippen molar-refractivity contribution in [1.29, 1.82) is 0 Å². The van der Waals surface area contributed by atoms with Crippen LogP contribution in [0.2, 0.25) is 0 Å². The number of amides is 1. The first-order valence-corrected chi connectivity index (χ1v) is 21.0. The van der Waals surface area contributed by atoms with Crippen LogP contribution in [0.3, 0.4) is 0 Å². The molecular formula is C45H64FN3O10. The van der Waals surface area contributed by atoms with Gasteiger partial charge in [-0.15, -0.1) is 6.58 Å². The Morgan fingerprint density at radius 1 is 1.08 bits per heavy atom. The number of nitrogens with zero attached hydrogens (tertiary/aromatic N) is 2. The average molecular weight is 826 g/mol. The largest absolute Gasteiger partial charge is 0.455 e. The Bertz CT molecular complexity index is 1840. The number of aromatic nitrogens is 1. The highest BCUT2D eigenvalue weighted by Gasteiger charge is 2.61. The predicted octanol–water partition coefficient (Wildman–Crippen LogP) is 6.07. The van der Waals surface area contributed by atoms with E-state index in [1.807, 2.05) is 37.4 Å². The Hall–Kier alpha value is -3.82. The number of esters is 1. The number of pyridine rings is 1. The number of nitrogens with one attached hydrogen (secondary N) is 1. The number of alkyl halides is 1. The van der Waals surface area contributed by atoms with Gasteiger partial charge in [-0.1, -0.05) is 52.0 Å². The van der Waals surface area contributed by atoms with Gasteiger partial charge in [0.2, 0.25) is 0 Å². The summed E-state index contributed by atoms with van der Waals surface area (Å²) in [6.07, 6.45) is -0.0541. The summed E-state index contributed by atoms with van der Waals surface area (Å²) < 4.78 is 47.5. The molecule has 4 heterocycles. The quantitative estimate of drug-likeness (QED) is 0.110. The lowest BCUT2D eigenvalue weighted by atomic mass is 9.73. The Morgan fingerprint density at radius 3 is 2.47 bits per heavy atom. The van der Waals surface area contributed by atoms with Crippen molar-refractivity contribution in [2.75, 3.05) is 20.2 Å². The highest BCUT2D eigenvalue weighted by Crippen LogP contribution is 2.43. The van der Waals surface area contributed by atoms with Crippen molar-refractivity contribution < 1.29 is 52.4 Å². The molecule has 3 aliphatic heterocycles. The maximum absolute atomic E-state index is 16.9. The molecule has 3 fully saturated rings. The third-order valence-corrected chi connectivity index (χ3v) is 12.8. The van der Waals surface area contributed by atoms with Gasteiger partial charge < -0.3 is 39.0 Å². The van der Waals surface area contributed by atoms with E-state index in [-0.39, 0.29) is 31.3 Å². The number of aliphatic hydroxyl groups excluding tert-OH is 1. The van der Waals surface area contributed by atoms with E-state index in [1.165, 1.54) is 18.9 Å². The summed E-state index contributed by atoms with van der Waals surface area (Å²) >= 11 is 0. The van der Waals surface area contributed by atoms with Crippen molar-refractivity contribution in [1.82, 2.24) is 15.2 Å². The normalized spacial score (nSPS) is 37.4. The number of rotatable bonds is 12. The molecular weight excluding hydrogens is 762 g/mol. The molecule has 0 spiro atoms. The highest BCUT2D eigenvalue weighted by molar-refractivity contribution is 6.08. The number of hydrogen-bond donors (Lipinski definition) is 2. The number of methoxy groups -OCH3 is 1. The van der Waals surface area contributed by atoms with Crippen molar-refractivity contribution in [2.24, 2.45) is 17.8 Å². The van der Waals surface area contributed by atoms with Crippen LogP contribution >= 0.6 is 0 Å². The van der Waals surface area contributed by atoms with E-state index in [0.717, 1.165) is 23.4 Å². The monoisotopic (exact) mass is 825 g/mol. The standard InChI is InChI=1S/C45H64FN3O10/c1-11-20-47-33-22-27(4)56-40(36(33)51)58-39-29(6)38(52)44(8,46)41(53)57-34(12-2)45(9)37(28(5)35(50)26(3)24-43(39,7)55-10)49(42(54)59-45)21-16-15-17-30-23-31-18-13-14-19-32(31)48-25-30/h11,13-14,18-19,23,25-29,33-34,36-37,39-40,47,51H,1,12,15-17,20-22,24H2,2-10H3/t26-,27-,28+,29+,33+,34-,36+,37?,39-,40+,43-,44+,45-/m1/s1. The van der Waals surface area contributed by atoms with Crippen LogP contribution in [-0.2, 0) is 44.5 Å². The molecule has 13 atom stereocenters. The molecule has 0 saturated carbocycles. The topological polar surface area (TPSA) is 163 Å². The molecule has 1 aromatic carbocycles. The summed E-state index contributed by atoms with van der Waals surface area (Å²) in [5.74, 6) is -5.80. The van der Waals surface area contributed by atoms with Gasteiger partial charge in [-0.25, -0.2) is 14.0 Å².